The van der Waals surface area contributed by atoms with E-state index in [1.165, 1.54) is 5.56 Å². The third-order valence-corrected chi connectivity index (χ3v) is 3.31. The van der Waals surface area contributed by atoms with E-state index in [1.54, 1.807) is 0 Å². The Hall–Kier alpha value is -2.36. The van der Waals surface area contributed by atoms with Crippen LogP contribution in [0.25, 0.3) is 22.4 Å². The molecule has 3 aromatic rings. The lowest BCUT2D eigenvalue weighted by Gasteiger charge is -2.02. The van der Waals surface area contributed by atoms with Crippen molar-refractivity contribution in [1.82, 2.24) is 10.2 Å². The Bertz CT molecular complexity index is 716. The minimum absolute atomic E-state index is 0.778. The number of rotatable bonds is 4. The van der Waals surface area contributed by atoms with E-state index in [1.807, 2.05) is 37.3 Å². The van der Waals surface area contributed by atoms with E-state index in [9.17, 15) is 0 Å². The topological polar surface area (TPSA) is 51.0 Å². The first-order chi connectivity index (χ1) is 9.83. The fourth-order valence-corrected chi connectivity index (χ4v) is 2.39. The molecule has 4 heteroatoms. The number of fused-ring (bicyclic) bond motifs is 1. The Kier molecular flexibility index (Phi) is 3.37. The van der Waals surface area contributed by atoms with Crippen molar-refractivity contribution in [3.8, 4) is 11.5 Å². The highest BCUT2D eigenvalue weighted by atomic mass is 16.3. The van der Waals surface area contributed by atoms with Crippen LogP contribution in [0.1, 0.15) is 19.4 Å². The molecule has 1 aromatic carbocycles. The molecule has 0 radical (unpaired) electrons. The maximum Gasteiger partial charge on any atom is 0.158 e. The lowest BCUT2D eigenvalue weighted by molar-refractivity contribution is 0.623. The number of hydrogen-bond donors (Lipinski definition) is 1. The number of aryl methyl sites for hydroxylation is 1. The second-order valence-corrected chi connectivity index (χ2v) is 4.59. The summed E-state index contributed by atoms with van der Waals surface area (Å²) >= 11 is 0. The molecule has 2 heterocycles. The molecule has 20 heavy (non-hydrogen) atoms. The zero-order chi connectivity index (χ0) is 13.9. The summed E-state index contributed by atoms with van der Waals surface area (Å²) in [5.41, 5.74) is 2.86. The first-order valence-electron chi connectivity index (χ1n) is 6.91. The summed E-state index contributed by atoms with van der Waals surface area (Å²) in [4.78, 5) is 0. The quantitative estimate of drug-likeness (QED) is 0.779. The van der Waals surface area contributed by atoms with E-state index in [0.29, 0.717) is 0 Å². The molecule has 2 aromatic heterocycles. The van der Waals surface area contributed by atoms with Crippen LogP contribution in [0.2, 0.25) is 0 Å². The van der Waals surface area contributed by atoms with Crippen molar-refractivity contribution in [1.29, 1.82) is 0 Å². The monoisotopic (exact) mass is 267 g/mol. The van der Waals surface area contributed by atoms with Crippen molar-refractivity contribution >= 4 is 16.8 Å². The van der Waals surface area contributed by atoms with Crippen LogP contribution in [0.5, 0.6) is 0 Å². The van der Waals surface area contributed by atoms with E-state index in [-0.39, 0.29) is 0 Å². The summed E-state index contributed by atoms with van der Waals surface area (Å²) in [5.74, 6) is 1.61. The normalized spacial score (nSPS) is 10.9. The largest absolute Gasteiger partial charge is 0.454 e. The van der Waals surface area contributed by atoms with Gasteiger partial charge in [0.25, 0.3) is 0 Å². The third kappa shape index (κ3) is 2.13. The maximum atomic E-state index is 5.95. The van der Waals surface area contributed by atoms with Gasteiger partial charge in [0.2, 0.25) is 0 Å². The van der Waals surface area contributed by atoms with Crippen molar-refractivity contribution in [2.45, 2.75) is 20.3 Å². The van der Waals surface area contributed by atoms with Crippen LogP contribution in [0, 0.1) is 0 Å². The smallest absolute Gasteiger partial charge is 0.158 e. The molecule has 1 N–H and O–H groups in total. The predicted molar refractivity (Wildman–Crippen MR) is 80.8 cm³/mol. The Labute approximate surface area is 117 Å². The van der Waals surface area contributed by atoms with Gasteiger partial charge in [-0.3, -0.25) is 0 Å². The number of nitrogens with zero attached hydrogens (tertiary/aromatic N) is 2. The average Bonchev–Trinajstić information content (AvgIpc) is 2.87. The first kappa shape index (κ1) is 12.7. The number of hydrogen-bond acceptors (Lipinski definition) is 4. The molecule has 0 spiro atoms. The minimum atomic E-state index is 0.778. The third-order valence-electron chi connectivity index (χ3n) is 3.31. The zero-order valence-corrected chi connectivity index (χ0v) is 11.7. The van der Waals surface area contributed by atoms with Crippen LogP contribution >= 0.6 is 0 Å². The second-order valence-electron chi connectivity index (χ2n) is 4.59. The van der Waals surface area contributed by atoms with Crippen molar-refractivity contribution in [3.63, 3.8) is 0 Å². The molecule has 0 aliphatic rings. The standard InChI is InChI=1S/C16H17N3O/c1-3-11-12-7-5-6-8-14(12)20-16(11)13-9-10-15(17-4-2)19-18-13/h5-10H,3-4H2,1-2H3,(H,17,19). The molecule has 0 atom stereocenters. The van der Waals surface area contributed by atoms with Gasteiger partial charge in [0, 0.05) is 17.5 Å². The molecule has 0 aliphatic heterocycles. The fourth-order valence-electron chi connectivity index (χ4n) is 2.39. The summed E-state index contributed by atoms with van der Waals surface area (Å²) in [6.45, 7) is 4.99. The molecule has 0 saturated carbocycles. The molecule has 3 rings (SSSR count). The Morgan fingerprint density at radius 3 is 2.60 bits per heavy atom. The van der Waals surface area contributed by atoms with E-state index in [2.05, 4.69) is 28.5 Å². The van der Waals surface area contributed by atoms with Crippen molar-refractivity contribution in [2.75, 3.05) is 11.9 Å². The number of furan rings is 1. The SMILES string of the molecule is CCNc1ccc(-c2oc3ccccc3c2CC)nn1. The molecule has 0 fully saturated rings. The molecule has 0 unspecified atom stereocenters. The highest BCUT2D eigenvalue weighted by Gasteiger charge is 2.15. The predicted octanol–water partition coefficient (Wildman–Crippen LogP) is 3.88. The van der Waals surface area contributed by atoms with Gasteiger partial charge in [-0.05, 0) is 31.5 Å². The second kappa shape index (κ2) is 5.33. The van der Waals surface area contributed by atoms with E-state index in [0.717, 1.165) is 41.2 Å². The number of nitrogens with one attached hydrogen (secondary N) is 1. The van der Waals surface area contributed by atoms with Crippen LogP contribution in [0.3, 0.4) is 0 Å². The van der Waals surface area contributed by atoms with Gasteiger partial charge in [0.1, 0.15) is 17.1 Å². The average molecular weight is 267 g/mol. The Balaban J connectivity index is 2.09. The maximum absolute atomic E-state index is 5.95. The number of para-hydroxylation sites is 1. The summed E-state index contributed by atoms with van der Waals surface area (Å²) in [6, 6.07) is 12.0. The van der Waals surface area contributed by atoms with Crippen molar-refractivity contribution in [2.24, 2.45) is 0 Å². The Morgan fingerprint density at radius 1 is 1.05 bits per heavy atom. The fraction of sp³-hybridized carbons (Fsp3) is 0.250. The van der Waals surface area contributed by atoms with E-state index >= 15 is 0 Å². The van der Waals surface area contributed by atoms with Gasteiger partial charge in [-0.2, -0.15) is 0 Å². The number of anilines is 1. The van der Waals surface area contributed by atoms with Gasteiger partial charge < -0.3 is 9.73 Å². The molecular weight excluding hydrogens is 250 g/mol. The van der Waals surface area contributed by atoms with Gasteiger partial charge in [0.05, 0.1) is 0 Å². The summed E-state index contributed by atoms with van der Waals surface area (Å²) in [5, 5.41) is 12.7. The molecular formula is C16H17N3O. The zero-order valence-electron chi connectivity index (χ0n) is 11.7. The molecule has 0 aliphatic carbocycles. The van der Waals surface area contributed by atoms with Crippen LogP contribution in [-0.2, 0) is 6.42 Å². The summed E-state index contributed by atoms with van der Waals surface area (Å²) in [7, 11) is 0. The van der Waals surface area contributed by atoms with Crippen molar-refractivity contribution in [3.05, 3.63) is 42.0 Å². The van der Waals surface area contributed by atoms with Crippen LogP contribution in [0.15, 0.2) is 40.8 Å². The lowest BCUT2D eigenvalue weighted by atomic mass is 10.1. The minimum Gasteiger partial charge on any atom is -0.454 e. The number of aromatic nitrogens is 2. The summed E-state index contributed by atoms with van der Waals surface area (Å²) < 4.78 is 5.95. The van der Waals surface area contributed by atoms with Crippen LogP contribution in [-0.4, -0.2) is 16.7 Å². The highest BCUT2D eigenvalue weighted by molar-refractivity contribution is 5.87. The molecule has 0 amide bonds. The molecule has 0 bridgehead atoms. The van der Waals surface area contributed by atoms with Crippen molar-refractivity contribution < 1.29 is 4.42 Å². The highest BCUT2D eigenvalue weighted by Crippen LogP contribution is 2.32. The van der Waals surface area contributed by atoms with E-state index < -0.39 is 0 Å². The lowest BCUT2D eigenvalue weighted by Crippen LogP contribution is -2.00. The molecule has 102 valence electrons. The summed E-state index contributed by atoms with van der Waals surface area (Å²) in [6.07, 6.45) is 0.906. The molecule has 0 saturated heterocycles. The Morgan fingerprint density at radius 2 is 1.90 bits per heavy atom. The van der Waals surface area contributed by atoms with Crippen LogP contribution in [0.4, 0.5) is 5.82 Å². The van der Waals surface area contributed by atoms with Gasteiger partial charge in [-0.25, -0.2) is 0 Å². The van der Waals surface area contributed by atoms with Gasteiger partial charge >= 0.3 is 0 Å². The van der Waals surface area contributed by atoms with Gasteiger partial charge in [0.15, 0.2) is 5.76 Å². The van der Waals surface area contributed by atoms with Gasteiger partial charge in [-0.15, -0.1) is 10.2 Å². The first-order valence-corrected chi connectivity index (χ1v) is 6.91. The van der Waals surface area contributed by atoms with Crippen LogP contribution < -0.4 is 5.32 Å². The number of benzene rings is 1. The molecule has 4 nitrogen and oxygen atoms in total. The van der Waals surface area contributed by atoms with Gasteiger partial charge in [-0.1, -0.05) is 25.1 Å². The van der Waals surface area contributed by atoms with E-state index in [4.69, 9.17) is 4.42 Å².